The number of hydrogen-bond acceptors (Lipinski definition) is 5. The molecule has 0 aromatic heterocycles. The average Bonchev–Trinajstić information content (AvgIpc) is 3.38. The number of aliphatic imine (C=N–C) groups is 1. The molecule has 2 atom stereocenters. The summed E-state index contributed by atoms with van der Waals surface area (Å²) in [6, 6.07) is 15.1. The minimum absolute atomic E-state index is 0.0138. The molecule has 0 spiro atoms. The molecule has 1 unspecified atom stereocenters. The standard InChI is InChI=1S/C26H35N5O3/c27-26(28)29-16-6-11-22(25(34)30-17-18-12-14-21(32)15-13-18)31-23(19-7-2-1-3-8-19)24(33)20-9-4-5-10-20/h1-3,7-8,12-15,20,22-23,31-32H,4-6,9-11,16-17H2,(H,30,34)(H4,27,28,29)/t22-,23?/m1/s1. The number of aromatic hydroxyl groups is 1. The van der Waals surface area contributed by atoms with Gasteiger partial charge in [-0.15, -0.1) is 0 Å². The summed E-state index contributed by atoms with van der Waals surface area (Å²) in [5, 5.41) is 15.8. The Hall–Kier alpha value is -3.39. The van der Waals surface area contributed by atoms with Crippen molar-refractivity contribution < 1.29 is 14.7 Å². The summed E-state index contributed by atoms with van der Waals surface area (Å²) in [5.74, 6) is 0.146. The molecule has 1 saturated carbocycles. The van der Waals surface area contributed by atoms with Crippen LogP contribution in [0, 0.1) is 5.92 Å². The van der Waals surface area contributed by atoms with Gasteiger partial charge in [0, 0.05) is 19.0 Å². The molecule has 0 saturated heterocycles. The lowest BCUT2D eigenvalue weighted by atomic mass is 9.91. The molecule has 1 amide bonds. The molecule has 2 aromatic rings. The van der Waals surface area contributed by atoms with Gasteiger partial charge in [0.1, 0.15) is 5.75 Å². The first-order chi connectivity index (χ1) is 16.4. The van der Waals surface area contributed by atoms with E-state index in [0.717, 1.165) is 36.8 Å². The molecule has 0 bridgehead atoms. The maximum atomic E-state index is 13.5. The van der Waals surface area contributed by atoms with E-state index in [4.69, 9.17) is 11.5 Å². The number of nitrogens with two attached hydrogens (primary N) is 2. The van der Waals surface area contributed by atoms with Crippen molar-refractivity contribution in [1.82, 2.24) is 10.6 Å². The van der Waals surface area contributed by atoms with Crippen molar-refractivity contribution in [2.24, 2.45) is 22.4 Å². The summed E-state index contributed by atoms with van der Waals surface area (Å²) < 4.78 is 0. The van der Waals surface area contributed by atoms with Gasteiger partial charge in [0.15, 0.2) is 11.7 Å². The molecule has 0 heterocycles. The third-order valence-electron chi connectivity index (χ3n) is 6.21. The number of hydrogen-bond donors (Lipinski definition) is 5. The molecular formula is C26H35N5O3. The van der Waals surface area contributed by atoms with Crippen molar-refractivity contribution in [2.75, 3.05) is 6.54 Å². The predicted octanol–water partition coefficient (Wildman–Crippen LogP) is 2.52. The minimum atomic E-state index is -0.595. The third kappa shape index (κ3) is 7.59. The van der Waals surface area contributed by atoms with Crippen LogP contribution in [0.5, 0.6) is 5.75 Å². The Morgan fingerprint density at radius 1 is 1.03 bits per heavy atom. The molecule has 7 N–H and O–H groups in total. The number of carbonyl (C=O) groups is 2. The van der Waals surface area contributed by atoms with Crippen LogP contribution in [-0.2, 0) is 16.1 Å². The predicted molar refractivity (Wildman–Crippen MR) is 133 cm³/mol. The highest BCUT2D eigenvalue weighted by atomic mass is 16.3. The van der Waals surface area contributed by atoms with E-state index in [9.17, 15) is 14.7 Å². The number of phenols is 1. The van der Waals surface area contributed by atoms with Crippen LogP contribution in [0.1, 0.15) is 55.7 Å². The average molecular weight is 466 g/mol. The summed E-state index contributed by atoms with van der Waals surface area (Å²) in [6.07, 6.45) is 4.97. The highest BCUT2D eigenvalue weighted by molar-refractivity contribution is 5.89. The van der Waals surface area contributed by atoms with Gasteiger partial charge < -0.3 is 21.9 Å². The Morgan fingerprint density at radius 3 is 2.35 bits per heavy atom. The Morgan fingerprint density at radius 2 is 1.71 bits per heavy atom. The Bertz CT molecular complexity index is 952. The minimum Gasteiger partial charge on any atom is -0.508 e. The number of rotatable bonds is 12. The van der Waals surface area contributed by atoms with Crippen molar-refractivity contribution in [2.45, 2.75) is 57.2 Å². The van der Waals surface area contributed by atoms with Crippen molar-refractivity contribution >= 4 is 17.6 Å². The van der Waals surface area contributed by atoms with Crippen LogP contribution in [0.4, 0.5) is 0 Å². The molecule has 0 radical (unpaired) electrons. The number of nitrogens with one attached hydrogen (secondary N) is 2. The van der Waals surface area contributed by atoms with Gasteiger partial charge in [-0.1, -0.05) is 55.3 Å². The molecule has 8 heteroatoms. The van der Waals surface area contributed by atoms with Crippen LogP contribution in [0.15, 0.2) is 59.6 Å². The fraction of sp³-hybridized carbons (Fsp3) is 0.423. The first-order valence-electron chi connectivity index (χ1n) is 11.9. The van der Waals surface area contributed by atoms with Crippen LogP contribution in [0.25, 0.3) is 0 Å². The summed E-state index contributed by atoms with van der Waals surface area (Å²) >= 11 is 0. The highest BCUT2D eigenvalue weighted by Crippen LogP contribution is 2.31. The topological polar surface area (TPSA) is 143 Å². The van der Waals surface area contributed by atoms with Crippen molar-refractivity contribution in [3.63, 3.8) is 0 Å². The van der Waals surface area contributed by atoms with Gasteiger partial charge in [-0.2, -0.15) is 0 Å². The van der Waals surface area contributed by atoms with E-state index in [2.05, 4.69) is 15.6 Å². The molecule has 34 heavy (non-hydrogen) atoms. The molecular weight excluding hydrogens is 430 g/mol. The van der Waals surface area contributed by atoms with Gasteiger partial charge in [0.2, 0.25) is 5.91 Å². The Balaban J connectivity index is 1.75. The SMILES string of the molecule is NC(N)=NCCC[C@@H](NC(C(=O)C1CCCC1)c1ccccc1)C(=O)NCc1ccc(O)cc1. The van der Waals surface area contributed by atoms with Crippen LogP contribution in [0.2, 0.25) is 0 Å². The second kappa shape index (κ2) is 12.7. The second-order valence-corrected chi connectivity index (χ2v) is 8.78. The zero-order chi connectivity index (χ0) is 24.3. The number of carbonyl (C=O) groups excluding carboxylic acids is 2. The van der Waals surface area contributed by atoms with Gasteiger partial charge >= 0.3 is 0 Å². The zero-order valence-corrected chi connectivity index (χ0v) is 19.5. The van der Waals surface area contributed by atoms with E-state index >= 15 is 0 Å². The second-order valence-electron chi connectivity index (χ2n) is 8.78. The molecule has 1 aliphatic rings. The quantitative estimate of drug-likeness (QED) is 0.185. The van der Waals surface area contributed by atoms with Crippen molar-refractivity contribution in [1.29, 1.82) is 0 Å². The number of benzene rings is 2. The van der Waals surface area contributed by atoms with E-state index in [1.807, 2.05) is 30.3 Å². The van der Waals surface area contributed by atoms with Crippen LogP contribution >= 0.6 is 0 Å². The summed E-state index contributed by atoms with van der Waals surface area (Å²) in [6.45, 7) is 0.718. The van der Waals surface area contributed by atoms with Crippen molar-refractivity contribution in [3.05, 3.63) is 65.7 Å². The number of amides is 1. The number of phenolic OH excluding ortho intramolecular Hbond substituents is 1. The molecule has 1 aliphatic carbocycles. The van der Waals surface area contributed by atoms with E-state index in [0.29, 0.717) is 25.9 Å². The Kier molecular flexibility index (Phi) is 9.46. The van der Waals surface area contributed by atoms with E-state index in [1.54, 1.807) is 24.3 Å². The number of ketones is 1. The van der Waals surface area contributed by atoms with Gasteiger partial charge in [-0.05, 0) is 48.9 Å². The molecule has 1 fully saturated rings. The lowest BCUT2D eigenvalue weighted by Gasteiger charge is -2.27. The lowest BCUT2D eigenvalue weighted by molar-refractivity contribution is -0.127. The smallest absolute Gasteiger partial charge is 0.237 e. The maximum Gasteiger partial charge on any atom is 0.237 e. The van der Waals surface area contributed by atoms with Crippen LogP contribution < -0.4 is 22.1 Å². The number of guanidine groups is 1. The van der Waals surface area contributed by atoms with Crippen LogP contribution in [0.3, 0.4) is 0 Å². The van der Waals surface area contributed by atoms with Gasteiger partial charge in [0.05, 0.1) is 12.1 Å². The zero-order valence-electron chi connectivity index (χ0n) is 19.5. The van der Waals surface area contributed by atoms with Gasteiger partial charge in [-0.25, -0.2) is 0 Å². The van der Waals surface area contributed by atoms with E-state index in [1.165, 1.54) is 0 Å². The molecule has 182 valence electrons. The highest BCUT2D eigenvalue weighted by Gasteiger charge is 2.33. The molecule has 8 nitrogen and oxygen atoms in total. The van der Waals surface area contributed by atoms with E-state index < -0.39 is 12.1 Å². The summed E-state index contributed by atoms with van der Waals surface area (Å²) in [7, 11) is 0. The largest absolute Gasteiger partial charge is 0.508 e. The fourth-order valence-electron chi connectivity index (χ4n) is 4.36. The lowest BCUT2D eigenvalue weighted by Crippen LogP contribution is -2.48. The van der Waals surface area contributed by atoms with E-state index in [-0.39, 0.29) is 29.3 Å². The summed E-state index contributed by atoms with van der Waals surface area (Å²) in [5.41, 5.74) is 12.6. The molecule has 3 rings (SSSR count). The third-order valence-corrected chi connectivity index (χ3v) is 6.21. The van der Waals surface area contributed by atoms with Gasteiger partial charge in [-0.3, -0.25) is 19.9 Å². The molecule has 0 aliphatic heterocycles. The maximum absolute atomic E-state index is 13.5. The first-order valence-corrected chi connectivity index (χ1v) is 11.9. The van der Waals surface area contributed by atoms with Crippen molar-refractivity contribution in [3.8, 4) is 5.75 Å². The van der Waals surface area contributed by atoms with Gasteiger partial charge in [0.25, 0.3) is 0 Å². The Labute approximate surface area is 200 Å². The normalized spacial score (nSPS) is 15.4. The number of nitrogens with zero attached hydrogens (tertiary/aromatic N) is 1. The number of Topliss-reactive ketones (excluding diaryl/α,β-unsaturated/α-hetero) is 1. The summed E-state index contributed by atoms with van der Waals surface area (Å²) in [4.78, 5) is 30.7. The monoisotopic (exact) mass is 465 g/mol. The fourth-order valence-corrected chi connectivity index (χ4v) is 4.36. The van der Waals surface area contributed by atoms with Crippen LogP contribution in [-0.4, -0.2) is 35.3 Å². The first kappa shape index (κ1) is 25.2. The molecule has 2 aromatic carbocycles.